The molecule has 1 aromatic heterocycles. The lowest BCUT2D eigenvalue weighted by atomic mass is 9.84. The third kappa shape index (κ3) is 3.06. The molecular weight excluding hydrogens is 310 g/mol. The molecule has 2 fully saturated rings. The van der Waals surface area contributed by atoms with Crippen LogP contribution in [-0.4, -0.2) is 54.9 Å². The van der Waals surface area contributed by atoms with Gasteiger partial charge >= 0.3 is 6.03 Å². The molecule has 21 heavy (non-hydrogen) atoms. The van der Waals surface area contributed by atoms with E-state index in [0.29, 0.717) is 19.6 Å². The van der Waals surface area contributed by atoms with Crippen LogP contribution in [0.25, 0.3) is 0 Å². The summed E-state index contributed by atoms with van der Waals surface area (Å²) in [4.78, 5) is 15.1. The summed E-state index contributed by atoms with van der Waals surface area (Å²) >= 11 is 1.44. The lowest BCUT2D eigenvalue weighted by Crippen LogP contribution is -2.41. The van der Waals surface area contributed by atoms with E-state index in [1.165, 1.54) is 11.5 Å². The van der Waals surface area contributed by atoms with Crippen molar-refractivity contribution in [3.8, 4) is 0 Å². The van der Waals surface area contributed by atoms with Gasteiger partial charge in [-0.2, -0.15) is 0 Å². The molecule has 1 aromatic rings. The molecule has 0 aliphatic carbocycles. The molecule has 6 nitrogen and oxygen atoms in total. The van der Waals surface area contributed by atoms with Crippen molar-refractivity contribution in [3.63, 3.8) is 0 Å². The standard InChI is InChI=1S/C13H19N3O3S2/c1-13-8-16(6-10(13)7-21(18,19)9-13)12(17)14-4-2-11-3-5-15-20-11/h3,5,10H,2,4,6-9H2,1H3,(H,14,17)/t10-,13+/m0/s1. The van der Waals surface area contributed by atoms with Crippen molar-refractivity contribution in [3.05, 3.63) is 17.1 Å². The topological polar surface area (TPSA) is 79.4 Å². The number of rotatable bonds is 3. The molecule has 2 atom stereocenters. The minimum absolute atomic E-state index is 0.0785. The summed E-state index contributed by atoms with van der Waals surface area (Å²) in [6.45, 7) is 3.63. The van der Waals surface area contributed by atoms with Crippen molar-refractivity contribution >= 4 is 27.4 Å². The number of fused-ring (bicyclic) bond motifs is 1. The Morgan fingerprint density at radius 1 is 1.62 bits per heavy atom. The zero-order valence-corrected chi connectivity index (χ0v) is 13.5. The van der Waals surface area contributed by atoms with E-state index in [2.05, 4.69) is 9.69 Å². The van der Waals surface area contributed by atoms with E-state index in [-0.39, 0.29) is 28.9 Å². The van der Waals surface area contributed by atoms with Crippen LogP contribution < -0.4 is 5.32 Å². The van der Waals surface area contributed by atoms with Crippen LogP contribution in [0, 0.1) is 11.3 Å². The molecule has 0 spiro atoms. The Kier molecular flexibility index (Phi) is 3.69. The molecule has 2 aliphatic rings. The summed E-state index contributed by atoms with van der Waals surface area (Å²) in [5.41, 5.74) is -0.270. The van der Waals surface area contributed by atoms with Gasteiger partial charge in [-0.15, -0.1) is 0 Å². The maximum Gasteiger partial charge on any atom is 0.317 e. The summed E-state index contributed by atoms with van der Waals surface area (Å²) in [6.07, 6.45) is 2.53. The number of amides is 2. The average Bonchev–Trinajstić information content (AvgIpc) is 3.01. The summed E-state index contributed by atoms with van der Waals surface area (Å²) in [5, 5.41) is 2.91. The predicted molar refractivity (Wildman–Crippen MR) is 81.0 cm³/mol. The second kappa shape index (κ2) is 5.24. The number of hydrogen-bond acceptors (Lipinski definition) is 5. The normalized spacial score (nSPS) is 30.3. The number of likely N-dealkylation sites (tertiary alicyclic amines) is 1. The highest BCUT2D eigenvalue weighted by Crippen LogP contribution is 2.43. The monoisotopic (exact) mass is 329 g/mol. The smallest absolute Gasteiger partial charge is 0.317 e. The largest absolute Gasteiger partial charge is 0.338 e. The van der Waals surface area contributed by atoms with Crippen molar-refractivity contribution in [1.29, 1.82) is 0 Å². The van der Waals surface area contributed by atoms with Gasteiger partial charge in [0.25, 0.3) is 0 Å². The van der Waals surface area contributed by atoms with Gasteiger partial charge in [0.2, 0.25) is 0 Å². The molecule has 3 rings (SSSR count). The summed E-state index contributed by atoms with van der Waals surface area (Å²) in [7, 11) is -2.92. The number of carbonyl (C=O) groups excluding carboxylic acids is 1. The van der Waals surface area contributed by atoms with Gasteiger partial charge in [0, 0.05) is 42.5 Å². The van der Waals surface area contributed by atoms with Crippen LogP contribution in [0.2, 0.25) is 0 Å². The van der Waals surface area contributed by atoms with E-state index in [4.69, 9.17) is 0 Å². The van der Waals surface area contributed by atoms with Crippen molar-refractivity contribution in [2.24, 2.45) is 11.3 Å². The van der Waals surface area contributed by atoms with E-state index in [1.807, 2.05) is 13.0 Å². The van der Waals surface area contributed by atoms with Gasteiger partial charge in [-0.05, 0) is 23.5 Å². The van der Waals surface area contributed by atoms with Crippen LogP contribution in [0.5, 0.6) is 0 Å². The fourth-order valence-electron chi connectivity index (χ4n) is 3.33. The van der Waals surface area contributed by atoms with E-state index in [0.717, 1.165) is 11.3 Å². The molecule has 0 radical (unpaired) electrons. The third-order valence-electron chi connectivity index (χ3n) is 4.41. The molecule has 0 unspecified atom stereocenters. The Bertz CT molecular complexity index is 629. The second-order valence-electron chi connectivity index (χ2n) is 6.25. The molecule has 1 N–H and O–H groups in total. The van der Waals surface area contributed by atoms with Gasteiger partial charge in [-0.25, -0.2) is 17.6 Å². The van der Waals surface area contributed by atoms with Crippen LogP contribution >= 0.6 is 11.5 Å². The average molecular weight is 329 g/mol. The van der Waals surface area contributed by atoms with Gasteiger partial charge in [0.1, 0.15) is 0 Å². The fourth-order valence-corrected chi connectivity index (χ4v) is 6.47. The Labute approximate surface area is 128 Å². The number of hydrogen-bond donors (Lipinski definition) is 1. The molecule has 2 saturated heterocycles. The third-order valence-corrected chi connectivity index (χ3v) is 7.22. The predicted octanol–water partition coefficient (Wildman–Crippen LogP) is 0.762. The van der Waals surface area contributed by atoms with Crippen LogP contribution in [0.3, 0.4) is 0 Å². The summed E-state index contributed by atoms with van der Waals surface area (Å²) < 4.78 is 27.4. The first-order valence-electron chi connectivity index (χ1n) is 7.01. The van der Waals surface area contributed by atoms with Crippen molar-refractivity contribution in [2.45, 2.75) is 13.3 Å². The van der Waals surface area contributed by atoms with Crippen molar-refractivity contribution < 1.29 is 13.2 Å². The van der Waals surface area contributed by atoms with Gasteiger partial charge in [0.05, 0.1) is 11.5 Å². The zero-order valence-electron chi connectivity index (χ0n) is 11.9. The Morgan fingerprint density at radius 2 is 2.43 bits per heavy atom. The molecule has 116 valence electrons. The van der Waals surface area contributed by atoms with Crippen molar-refractivity contribution in [1.82, 2.24) is 14.6 Å². The molecule has 2 aliphatic heterocycles. The zero-order chi connectivity index (χ0) is 15.1. The van der Waals surface area contributed by atoms with Crippen LogP contribution in [-0.2, 0) is 16.3 Å². The number of aromatic nitrogens is 1. The maximum absolute atomic E-state index is 12.2. The minimum Gasteiger partial charge on any atom is -0.338 e. The highest BCUT2D eigenvalue weighted by Gasteiger charge is 2.53. The van der Waals surface area contributed by atoms with Crippen molar-refractivity contribution in [2.75, 3.05) is 31.1 Å². The van der Waals surface area contributed by atoms with E-state index in [9.17, 15) is 13.2 Å². The summed E-state index contributed by atoms with van der Waals surface area (Å²) in [5.74, 6) is 0.499. The van der Waals surface area contributed by atoms with E-state index >= 15 is 0 Å². The summed E-state index contributed by atoms with van der Waals surface area (Å²) in [6, 6.07) is 1.86. The van der Waals surface area contributed by atoms with Gasteiger partial charge in [-0.3, -0.25) is 0 Å². The Balaban J connectivity index is 1.51. The van der Waals surface area contributed by atoms with Gasteiger partial charge in [-0.1, -0.05) is 6.92 Å². The molecule has 0 saturated carbocycles. The van der Waals surface area contributed by atoms with E-state index < -0.39 is 9.84 Å². The van der Waals surface area contributed by atoms with Crippen LogP contribution in [0.1, 0.15) is 11.8 Å². The molecular formula is C13H19N3O3S2. The lowest BCUT2D eigenvalue weighted by molar-refractivity contribution is 0.203. The molecule has 0 aromatic carbocycles. The quantitative estimate of drug-likeness (QED) is 0.888. The molecule has 8 heteroatoms. The molecule has 2 amide bonds. The number of sulfone groups is 1. The maximum atomic E-state index is 12.2. The van der Waals surface area contributed by atoms with Gasteiger partial charge in [0.15, 0.2) is 9.84 Å². The minimum atomic E-state index is -2.92. The highest BCUT2D eigenvalue weighted by atomic mass is 32.2. The fraction of sp³-hybridized carbons (Fsp3) is 0.692. The SMILES string of the molecule is C[C@]12CN(C(=O)NCCc3ccns3)C[C@H]1CS(=O)(=O)C2. The number of nitrogens with zero attached hydrogens (tertiary/aromatic N) is 2. The Hall–Kier alpha value is -1.15. The van der Waals surface area contributed by atoms with Crippen LogP contribution in [0.15, 0.2) is 12.3 Å². The first-order valence-corrected chi connectivity index (χ1v) is 9.60. The van der Waals surface area contributed by atoms with Crippen LogP contribution in [0.4, 0.5) is 4.79 Å². The number of carbonyl (C=O) groups is 1. The first-order chi connectivity index (χ1) is 9.88. The second-order valence-corrected chi connectivity index (χ2v) is 9.27. The Morgan fingerprint density at radius 3 is 3.10 bits per heavy atom. The first kappa shape index (κ1) is 14.8. The molecule has 0 bridgehead atoms. The van der Waals surface area contributed by atoms with Gasteiger partial charge < -0.3 is 10.2 Å². The highest BCUT2D eigenvalue weighted by molar-refractivity contribution is 7.91. The number of nitrogens with one attached hydrogen (secondary N) is 1. The number of urea groups is 1. The lowest BCUT2D eigenvalue weighted by Gasteiger charge is -2.22. The van der Waals surface area contributed by atoms with E-state index in [1.54, 1.807) is 11.1 Å². The molecule has 3 heterocycles.